The molecule has 0 unspecified atom stereocenters. The van der Waals surface area contributed by atoms with Crippen LogP contribution in [-0.4, -0.2) is 10.1 Å². The van der Waals surface area contributed by atoms with Crippen molar-refractivity contribution in [1.29, 1.82) is 0 Å². The van der Waals surface area contributed by atoms with E-state index in [4.69, 9.17) is 9.26 Å². The maximum atomic E-state index is 13.1. The summed E-state index contributed by atoms with van der Waals surface area (Å²) in [6.07, 6.45) is 0. The van der Waals surface area contributed by atoms with Gasteiger partial charge in [0.25, 0.3) is 5.89 Å². The molecule has 0 aliphatic heterocycles. The summed E-state index contributed by atoms with van der Waals surface area (Å²) in [7, 11) is 0. The second kappa shape index (κ2) is 7.64. The number of hydrogen-bond donors (Lipinski definition) is 0. The Hall–Kier alpha value is -3.47. The second-order valence-corrected chi connectivity index (χ2v) is 6.64. The number of ether oxygens (including phenoxy) is 1. The van der Waals surface area contributed by atoms with E-state index in [-0.39, 0.29) is 5.82 Å². The van der Waals surface area contributed by atoms with E-state index in [1.54, 1.807) is 12.1 Å². The first kappa shape index (κ1) is 17.9. The Labute approximate surface area is 162 Å². The molecule has 1 heterocycles. The van der Waals surface area contributed by atoms with Gasteiger partial charge in [0.15, 0.2) is 0 Å². The van der Waals surface area contributed by atoms with E-state index in [1.165, 1.54) is 12.1 Å². The summed E-state index contributed by atoms with van der Waals surface area (Å²) in [4.78, 5) is 4.40. The van der Waals surface area contributed by atoms with Crippen LogP contribution in [0.3, 0.4) is 0 Å². The van der Waals surface area contributed by atoms with Gasteiger partial charge >= 0.3 is 0 Å². The molecule has 0 fully saturated rings. The molecule has 28 heavy (non-hydrogen) atoms. The summed E-state index contributed by atoms with van der Waals surface area (Å²) in [6.45, 7) is 4.57. The molecule has 0 saturated carbocycles. The number of aromatic nitrogens is 2. The summed E-state index contributed by atoms with van der Waals surface area (Å²) in [5, 5.41) is 3.98. The van der Waals surface area contributed by atoms with Crippen molar-refractivity contribution >= 4 is 0 Å². The predicted octanol–water partition coefficient (Wildman–Crippen LogP) is 5.74. The number of halogens is 1. The third-order valence-electron chi connectivity index (χ3n) is 4.52. The van der Waals surface area contributed by atoms with E-state index in [0.29, 0.717) is 23.9 Å². The molecule has 0 aliphatic carbocycles. The van der Waals surface area contributed by atoms with E-state index in [9.17, 15) is 4.39 Å². The van der Waals surface area contributed by atoms with E-state index in [1.807, 2.05) is 56.3 Å². The molecule has 4 aromatic rings. The van der Waals surface area contributed by atoms with Gasteiger partial charge in [0, 0.05) is 11.1 Å². The van der Waals surface area contributed by atoms with Gasteiger partial charge in [0.2, 0.25) is 5.82 Å². The fraction of sp³-hybridized carbons (Fsp3) is 0.130. The van der Waals surface area contributed by atoms with Crippen LogP contribution in [-0.2, 0) is 6.61 Å². The molecular formula is C23H19FN2O2. The molecule has 0 saturated heterocycles. The highest BCUT2D eigenvalue weighted by atomic mass is 19.1. The van der Waals surface area contributed by atoms with Crippen LogP contribution >= 0.6 is 0 Å². The van der Waals surface area contributed by atoms with Crippen molar-refractivity contribution in [3.8, 4) is 28.6 Å². The first-order valence-corrected chi connectivity index (χ1v) is 8.98. The molecular weight excluding hydrogens is 355 g/mol. The van der Waals surface area contributed by atoms with Gasteiger partial charge in [0.1, 0.15) is 18.2 Å². The Balaban J connectivity index is 1.47. The predicted molar refractivity (Wildman–Crippen MR) is 105 cm³/mol. The van der Waals surface area contributed by atoms with Gasteiger partial charge in [-0.1, -0.05) is 35.5 Å². The lowest BCUT2D eigenvalue weighted by atomic mass is 10.1. The fourth-order valence-corrected chi connectivity index (χ4v) is 2.98. The van der Waals surface area contributed by atoms with Crippen LogP contribution in [0.1, 0.15) is 16.7 Å². The highest BCUT2D eigenvalue weighted by Crippen LogP contribution is 2.25. The Morgan fingerprint density at radius 2 is 1.50 bits per heavy atom. The highest BCUT2D eigenvalue weighted by Gasteiger charge is 2.11. The minimum atomic E-state index is -0.300. The highest BCUT2D eigenvalue weighted by molar-refractivity contribution is 5.59. The molecule has 0 bridgehead atoms. The van der Waals surface area contributed by atoms with Crippen molar-refractivity contribution in [3.63, 3.8) is 0 Å². The molecule has 0 N–H and O–H groups in total. The molecule has 0 aliphatic rings. The Kier molecular flexibility index (Phi) is 4.89. The van der Waals surface area contributed by atoms with Crippen LogP contribution in [0.15, 0.2) is 71.3 Å². The number of aryl methyl sites for hydroxylation is 2. The maximum absolute atomic E-state index is 13.1. The molecule has 4 rings (SSSR count). The van der Waals surface area contributed by atoms with Crippen molar-refractivity contribution < 1.29 is 13.7 Å². The Morgan fingerprint density at radius 1 is 0.857 bits per heavy atom. The molecule has 0 atom stereocenters. The number of benzene rings is 3. The molecule has 140 valence electrons. The summed E-state index contributed by atoms with van der Waals surface area (Å²) < 4.78 is 24.4. The van der Waals surface area contributed by atoms with Crippen molar-refractivity contribution in [2.45, 2.75) is 20.5 Å². The normalized spacial score (nSPS) is 10.8. The first-order chi connectivity index (χ1) is 13.6. The van der Waals surface area contributed by atoms with E-state index in [0.717, 1.165) is 28.0 Å². The average Bonchev–Trinajstić information content (AvgIpc) is 3.19. The second-order valence-electron chi connectivity index (χ2n) is 6.64. The van der Waals surface area contributed by atoms with Crippen LogP contribution in [0.5, 0.6) is 5.75 Å². The Morgan fingerprint density at radius 3 is 2.18 bits per heavy atom. The lowest BCUT2D eigenvalue weighted by Gasteiger charge is -2.12. The zero-order chi connectivity index (χ0) is 19.5. The first-order valence-electron chi connectivity index (χ1n) is 8.98. The molecule has 5 heteroatoms. The Bertz CT molecular complexity index is 1070. The summed E-state index contributed by atoms with van der Waals surface area (Å²) in [5.74, 6) is 1.47. The minimum Gasteiger partial charge on any atom is -0.488 e. The van der Waals surface area contributed by atoms with Gasteiger partial charge in [-0.3, -0.25) is 0 Å². The summed E-state index contributed by atoms with van der Waals surface area (Å²) in [6, 6.07) is 19.9. The molecule has 0 spiro atoms. The van der Waals surface area contributed by atoms with Crippen molar-refractivity contribution in [3.05, 3.63) is 89.2 Å². The lowest BCUT2D eigenvalue weighted by Crippen LogP contribution is -1.98. The molecule has 4 nitrogen and oxygen atoms in total. The fourth-order valence-electron chi connectivity index (χ4n) is 2.98. The van der Waals surface area contributed by atoms with Gasteiger partial charge < -0.3 is 9.26 Å². The van der Waals surface area contributed by atoms with Crippen LogP contribution in [0, 0.1) is 19.7 Å². The molecule has 1 aromatic heterocycles. The van der Waals surface area contributed by atoms with Crippen molar-refractivity contribution in [1.82, 2.24) is 10.1 Å². The van der Waals surface area contributed by atoms with Crippen LogP contribution < -0.4 is 4.74 Å². The number of hydrogen-bond acceptors (Lipinski definition) is 4. The quantitative estimate of drug-likeness (QED) is 0.447. The largest absolute Gasteiger partial charge is 0.488 e. The SMILES string of the molecule is Cc1cccc(C)c1OCc1ccc(-c2nc(-c3ccc(F)cc3)no2)cc1. The van der Waals surface area contributed by atoms with Crippen LogP contribution in [0.2, 0.25) is 0 Å². The van der Waals surface area contributed by atoms with Gasteiger partial charge in [-0.2, -0.15) is 4.98 Å². The number of rotatable bonds is 5. The monoisotopic (exact) mass is 374 g/mol. The zero-order valence-corrected chi connectivity index (χ0v) is 15.6. The van der Waals surface area contributed by atoms with Crippen molar-refractivity contribution in [2.75, 3.05) is 0 Å². The topological polar surface area (TPSA) is 48.2 Å². The third-order valence-corrected chi connectivity index (χ3v) is 4.52. The van der Waals surface area contributed by atoms with Gasteiger partial charge in [-0.15, -0.1) is 0 Å². The standard InChI is InChI=1S/C23H19FN2O2/c1-15-4-3-5-16(2)21(15)27-14-17-6-8-19(9-7-17)23-25-22(26-28-23)18-10-12-20(24)13-11-18/h3-13H,14H2,1-2H3. The average molecular weight is 374 g/mol. The van der Waals surface area contributed by atoms with E-state index in [2.05, 4.69) is 10.1 Å². The maximum Gasteiger partial charge on any atom is 0.258 e. The smallest absolute Gasteiger partial charge is 0.258 e. The summed E-state index contributed by atoms with van der Waals surface area (Å²) >= 11 is 0. The zero-order valence-electron chi connectivity index (χ0n) is 15.6. The van der Waals surface area contributed by atoms with Crippen LogP contribution in [0.25, 0.3) is 22.8 Å². The molecule has 0 radical (unpaired) electrons. The van der Waals surface area contributed by atoms with Crippen molar-refractivity contribution in [2.24, 2.45) is 0 Å². The van der Waals surface area contributed by atoms with Gasteiger partial charge in [-0.25, -0.2) is 4.39 Å². The lowest BCUT2D eigenvalue weighted by molar-refractivity contribution is 0.302. The molecule has 3 aromatic carbocycles. The van der Waals surface area contributed by atoms with E-state index < -0.39 is 0 Å². The minimum absolute atomic E-state index is 0.300. The van der Waals surface area contributed by atoms with Gasteiger partial charge in [0.05, 0.1) is 0 Å². The summed E-state index contributed by atoms with van der Waals surface area (Å²) in [5.41, 5.74) is 4.81. The number of nitrogens with zero attached hydrogens (tertiary/aromatic N) is 2. The third kappa shape index (κ3) is 3.78. The van der Waals surface area contributed by atoms with E-state index >= 15 is 0 Å². The molecule has 0 amide bonds. The van der Waals surface area contributed by atoms with Gasteiger partial charge in [-0.05, 0) is 66.9 Å². The van der Waals surface area contributed by atoms with Crippen LogP contribution in [0.4, 0.5) is 4.39 Å². The number of para-hydroxylation sites is 1.